The number of rotatable bonds is 9. The van der Waals surface area contributed by atoms with Gasteiger partial charge in [0.15, 0.2) is 23.0 Å². The largest absolute Gasteiger partial charge is 0.524 e. The fourth-order valence-corrected chi connectivity index (χ4v) is 5.18. The van der Waals surface area contributed by atoms with E-state index in [1.54, 1.807) is 29.2 Å². The number of nitrogens with one attached hydrogen (secondary N) is 2. The summed E-state index contributed by atoms with van der Waals surface area (Å²) in [5.41, 5.74) is 2.01. The molecule has 0 saturated carbocycles. The van der Waals surface area contributed by atoms with Gasteiger partial charge in [0, 0.05) is 49.9 Å². The van der Waals surface area contributed by atoms with Crippen LogP contribution in [0.5, 0.6) is 5.75 Å². The number of benzene rings is 2. The molecule has 0 bridgehead atoms. The summed E-state index contributed by atoms with van der Waals surface area (Å²) in [7, 11) is -3.08. The van der Waals surface area contributed by atoms with Crippen molar-refractivity contribution in [3.05, 3.63) is 65.6 Å². The molecule has 0 atom stereocenters. The first-order valence-corrected chi connectivity index (χ1v) is 14.4. The fraction of sp³-hybridized carbons (Fsp3) is 0.231. The third kappa shape index (κ3) is 6.55. The number of nitrogens with zero attached hydrogens (tertiary/aromatic N) is 5. The second-order valence-corrected chi connectivity index (χ2v) is 11.0. The van der Waals surface area contributed by atoms with Crippen molar-refractivity contribution in [2.24, 2.45) is 0 Å². The summed E-state index contributed by atoms with van der Waals surface area (Å²) in [6.07, 6.45) is 1.40. The maximum Gasteiger partial charge on any atom is 0.524 e. The van der Waals surface area contributed by atoms with Crippen molar-refractivity contribution >= 4 is 53.6 Å². The topological polar surface area (TPSA) is 157 Å². The fourth-order valence-electron chi connectivity index (χ4n) is 4.57. The van der Waals surface area contributed by atoms with Crippen molar-refractivity contribution in [2.45, 2.75) is 6.42 Å². The number of ketones is 1. The van der Waals surface area contributed by atoms with Crippen molar-refractivity contribution in [3.8, 4) is 17.0 Å². The zero-order chi connectivity index (χ0) is 29.3. The Balaban J connectivity index is 1.55. The van der Waals surface area contributed by atoms with Crippen molar-refractivity contribution in [1.82, 2.24) is 25.1 Å². The van der Waals surface area contributed by atoms with E-state index in [0.29, 0.717) is 42.8 Å². The van der Waals surface area contributed by atoms with E-state index >= 15 is 4.39 Å². The molecule has 41 heavy (non-hydrogen) atoms. The number of H-pyrrole nitrogens is 1. The number of halogens is 2. The smallest absolute Gasteiger partial charge is 0.402 e. The molecule has 4 aromatic rings. The highest BCUT2D eigenvalue weighted by molar-refractivity contribution is 7.46. The normalized spacial score (nSPS) is 14.3. The Bertz CT molecular complexity index is 1690. The van der Waals surface area contributed by atoms with Gasteiger partial charge in [0.25, 0.3) is 0 Å². The van der Waals surface area contributed by atoms with Crippen LogP contribution in [0.15, 0.2) is 49.1 Å². The van der Waals surface area contributed by atoms with E-state index in [1.807, 2.05) is 7.05 Å². The molecule has 0 amide bonds. The minimum atomic E-state index is -5.02. The number of hydrogen-bond acceptors (Lipinski definition) is 9. The Morgan fingerprint density at radius 2 is 2.00 bits per heavy atom. The molecule has 1 fully saturated rings. The molecule has 1 aliphatic heterocycles. The van der Waals surface area contributed by atoms with Crippen LogP contribution in [0.4, 0.5) is 21.7 Å². The highest BCUT2D eigenvalue weighted by atomic mass is 35.5. The summed E-state index contributed by atoms with van der Waals surface area (Å²) < 4.78 is 32.2. The van der Waals surface area contributed by atoms with Gasteiger partial charge in [0.1, 0.15) is 10.8 Å². The number of phosphoric ester groups is 1. The quantitative estimate of drug-likeness (QED) is 0.162. The summed E-state index contributed by atoms with van der Waals surface area (Å²) >= 11 is 6.36. The van der Waals surface area contributed by atoms with Crippen LogP contribution in [0, 0.1) is 5.82 Å². The summed E-state index contributed by atoms with van der Waals surface area (Å²) in [5, 5.41) is 10.3. The third-order valence-corrected chi connectivity index (χ3v) is 7.21. The Hall–Kier alpha value is -3.87. The van der Waals surface area contributed by atoms with Crippen LogP contribution in [0.3, 0.4) is 0 Å². The zero-order valence-corrected chi connectivity index (χ0v) is 23.5. The maximum absolute atomic E-state index is 15.5. The summed E-state index contributed by atoms with van der Waals surface area (Å²) in [6, 6.07) is 9.59. The van der Waals surface area contributed by atoms with Gasteiger partial charge in [-0.05, 0) is 30.8 Å². The highest BCUT2D eigenvalue weighted by Crippen LogP contribution is 2.45. The Morgan fingerprint density at radius 1 is 1.24 bits per heavy atom. The number of aromatic nitrogens is 4. The second kappa shape index (κ2) is 11.6. The molecule has 5 rings (SSSR count). The second-order valence-electron chi connectivity index (χ2n) is 9.48. The SMILES string of the molecule is C=CC(=O)Cc1cccc(-c2nc(Nc3cc(F)c(N4CCN(C)CC4)c(OP(=O)(O)O)c3)nc3n[nH]c(Cl)c23)c1. The number of likely N-dealkylation sites (N-methyl/N-ethyl adjacent to an activating group) is 1. The molecule has 1 saturated heterocycles. The molecule has 12 nitrogen and oxygen atoms in total. The molecule has 0 aliphatic carbocycles. The molecular formula is C26H26ClFN7O5P. The van der Waals surface area contributed by atoms with Gasteiger partial charge < -0.3 is 19.6 Å². The summed E-state index contributed by atoms with van der Waals surface area (Å²) in [6.45, 7) is 5.67. The van der Waals surface area contributed by atoms with E-state index in [1.165, 1.54) is 18.2 Å². The average Bonchev–Trinajstić information content (AvgIpc) is 3.28. The van der Waals surface area contributed by atoms with Crippen LogP contribution in [0.1, 0.15) is 5.56 Å². The zero-order valence-electron chi connectivity index (χ0n) is 21.8. The molecule has 214 valence electrons. The van der Waals surface area contributed by atoms with E-state index in [4.69, 9.17) is 16.1 Å². The number of aromatic amines is 1. The number of piperazine rings is 1. The van der Waals surface area contributed by atoms with Gasteiger partial charge in [-0.25, -0.2) is 13.9 Å². The molecule has 0 radical (unpaired) electrons. The Morgan fingerprint density at radius 3 is 2.71 bits per heavy atom. The maximum atomic E-state index is 15.5. The first-order valence-electron chi connectivity index (χ1n) is 12.5. The van der Waals surface area contributed by atoms with Crippen LogP contribution in [0.2, 0.25) is 5.15 Å². The van der Waals surface area contributed by atoms with Crippen LogP contribution < -0.4 is 14.7 Å². The van der Waals surface area contributed by atoms with Gasteiger partial charge in [0.2, 0.25) is 5.95 Å². The average molecular weight is 602 g/mol. The van der Waals surface area contributed by atoms with Crippen LogP contribution >= 0.6 is 19.4 Å². The lowest BCUT2D eigenvalue weighted by Gasteiger charge is -2.35. The van der Waals surface area contributed by atoms with Gasteiger partial charge in [-0.2, -0.15) is 10.1 Å². The summed E-state index contributed by atoms with van der Waals surface area (Å²) in [5.74, 6) is -1.20. The molecule has 0 unspecified atom stereocenters. The number of carbonyl (C=O) groups excluding carboxylic acids is 1. The van der Waals surface area contributed by atoms with Crippen molar-refractivity contribution in [3.63, 3.8) is 0 Å². The molecule has 2 aromatic heterocycles. The Labute approximate surface area is 239 Å². The summed E-state index contributed by atoms with van der Waals surface area (Å²) in [4.78, 5) is 43.7. The first kappa shape index (κ1) is 28.7. The predicted octanol–water partition coefficient (Wildman–Crippen LogP) is 4.08. The van der Waals surface area contributed by atoms with Gasteiger partial charge in [-0.3, -0.25) is 19.7 Å². The van der Waals surface area contributed by atoms with E-state index in [2.05, 4.69) is 37.0 Å². The third-order valence-electron chi connectivity index (χ3n) is 6.50. The van der Waals surface area contributed by atoms with E-state index in [0.717, 1.165) is 5.56 Å². The molecule has 0 spiro atoms. The van der Waals surface area contributed by atoms with Crippen LogP contribution in [-0.4, -0.2) is 73.9 Å². The number of phosphoric acid groups is 1. The minimum absolute atomic E-state index is 0.0112. The van der Waals surface area contributed by atoms with Crippen molar-refractivity contribution in [2.75, 3.05) is 43.4 Å². The van der Waals surface area contributed by atoms with Crippen molar-refractivity contribution in [1.29, 1.82) is 0 Å². The monoisotopic (exact) mass is 601 g/mol. The number of allylic oxidation sites excluding steroid dienone is 1. The first-order chi connectivity index (χ1) is 19.5. The molecule has 4 N–H and O–H groups in total. The molecule has 2 aromatic carbocycles. The molecule has 3 heterocycles. The molecule has 15 heteroatoms. The van der Waals surface area contributed by atoms with Gasteiger partial charge in [0.05, 0.1) is 11.1 Å². The van der Waals surface area contributed by atoms with Gasteiger partial charge in [-0.15, -0.1) is 0 Å². The van der Waals surface area contributed by atoms with Gasteiger partial charge >= 0.3 is 7.82 Å². The lowest BCUT2D eigenvalue weighted by atomic mass is 10.0. The predicted molar refractivity (Wildman–Crippen MR) is 153 cm³/mol. The van der Waals surface area contributed by atoms with E-state index in [-0.39, 0.29) is 46.1 Å². The number of fused-ring (bicyclic) bond motifs is 1. The molecule has 1 aliphatic rings. The van der Waals surface area contributed by atoms with Crippen LogP contribution in [0.25, 0.3) is 22.3 Å². The lowest BCUT2D eigenvalue weighted by molar-refractivity contribution is -0.114. The number of anilines is 3. The van der Waals surface area contributed by atoms with Gasteiger partial charge in [-0.1, -0.05) is 36.4 Å². The minimum Gasteiger partial charge on any atom is -0.402 e. The lowest BCUT2D eigenvalue weighted by Crippen LogP contribution is -2.45. The Kier molecular flexibility index (Phi) is 8.07. The molecular weight excluding hydrogens is 576 g/mol. The number of carbonyl (C=O) groups is 1. The van der Waals surface area contributed by atoms with Crippen molar-refractivity contribution < 1.29 is 28.1 Å². The van der Waals surface area contributed by atoms with E-state index < -0.39 is 13.6 Å². The van der Waals surface area contributed by atoms with E-state index in [9.17, 15) is 19.1 Å². The number of hydrogen-bond donors (Lipinski definition) is 4. The highest BCUT2D eigenvalue weighted by Gasteiger charge is 2.27. The van der Waals surface area contributed by atoms with Crippen LogP contribution in [-0.2, 0) is 15.8 Å². The standard InChI is InChI=1S/C26H26ClFN7O5P/c1-3-18(36)12-15-5-4-6-16(11-15)22-21-24(27)32-33-25(21)31-26(30-22)29-17-13-19(28)23(20(14-17)40-41(37,38)39)35-9-7-34(2)8-10-35/h3-6,11,13-14H,1,7-10,12H2,2H3,(H2,37,38,39)(H2,29,30,31,32,33).